The summed E-state index contributed by atoms with van der Waals surface area (Å²) < 4.78 is 38.5. The monoisotopic (exact) mass is 407 g/mol. The first kappa shape index (κ1) is 23.6. The van der Waals surface area contributed by atoms with Crippen molar-refractivity contribution in [3.05, 3.63) is 12.3 Å². The van der Waals surface area contributed by atoms with Gasteiger partial charge >= 0.3 is 13.8 Å². The zero-order valence-electron chi connectivity index (χ0n) is 16.4. The van der Waals surface area contributed by atoms with Crippen molar-refractivity contribution >= 4 is 19.7 Å². The third-order valence-corrected chi connectivity index (χ3v) is 5.43. The minimum absolute atomic E-state index is 0.0269. The van der Waals surface area contributed by atoms with Gasteiger partial charge < -0.3 is 14.8 Å². The summed E-state index contributed by atoms with van der Waals surface area (Å²) in [5.74, 6) is -0.605. The summed E-state index contributed by atoms with van der Waals surface area (Å²) in [7, 11) is -2.73. The van der Waals surface area contributed by atoms with E-state index in [4.69, 9.17) is 18.3 Å². The maximum atomic E-state index is 12.8. The second kappa shape index (κ2) is 11.4. The van der Waals surface area contributed by atoms with E-state index in [1.165, 1.54) is 7.11 Å². The molecule has 1 saturated heterocycles. The van der Waals surface area contributed by atoms with Gasteiger partial charge in [-0.05, 0) is 18.8 Å². The zero-order chi connectivity index (χ0) is 20.4. The van der Waals surface area contributed by atoms with Crippen LogP contribution in [0.4, 0.5) is 0 Å². The molecule has 2 unspecified atom stereocenters. The number of phosphoric ester groups is 1. The number of carbonyl (C=O) groups is 2. The number of allylic oxidation sites excluding steroid dienone is 1. The first-order chi connectivity index (χ1) is 12.7. The van der Waals surface area contributed by atoms with Crippen LogP contribution < -0.4 is 5.32 Å². The molecule has 10 heteroatoms. The molecule has 1 aliphatic rings. The lowest BCUT2D eigenvalue weighted by atomic mass is 9.98. The molecule has 0 aromatic heterocycles. The third kappa shape index (κ3) is 8.43. The molecule has 1 heterocycles. The lowest BCUT2D eigenvalue weighted by molar-refractivity contribution is -0.140. The van der Waals surface area contributed by atoms with Crippen molar-refractivity contribution in [1.82, 2.24) is 5.32 Å². The lowest BCUT2D eigenvalue weighted by Crippen LogP contribution is -2.41. The van der Waals surface area contributed by atoms with E-state index in [-0.39, 0.29) is 38.2 Å². The van der Waals surface area contributed by atoms with Gasteiger partial charge in [-0.3, -0.25) is 18.6 Å². The van der Waals surface area contributed by atoms with E-state index in [0.717, 1.165) is 0 Å². The van der Waals surface area contributed by atoms with Crippen LogP contribution in [0, 0.1) is 11.8 Å². The molecule has 0 saturated carbocycles. The Bertz CT molecular complexity index is 565. The highest BCUT2D eigenvalue weighted by Crippen LogP contribution is 2.52. The number of methoxy groups -OCH3 is 1. The maximum Gasteiger partial charge on any atom is 0.478 e. The normalized spacial score (nSPS) is 26.0. The number of amides is 1. The van der Waals surface area contributed by atoms with Crippen molar-refractivity contribution in [2.24, 2.45) is 11.8 Å². The molecule has 27 heavy (non-hydrogen) atoms. The Morgan fingerprint density at radius 2 is 2.07 bits per heavy atom. The quantitative estimate of drug-likeness (QED) is 0.269. The van der Waals surface area contributed by atoms with E-state index < -0.39 is 25.8 Å². The summed E-state index contributed by atoms with van der Waals surface area (Å²) in [6, 6.07) is 0. The molecule has 1 amide bonds. The van der Waals surface area contributed by atoms with Crippen LogP contribution in [0.2, 0.25) is 0 Å². The van der Waals surface area contributed by atoms with Crippen molar-refractivity contribution in [1.29, 1.82) is 0 Å². The van der Waals surface area contributed by atoms with Crippen LogP contribution in [0.25, 0.3) is 0 Å². The Hall–Kier alpha value is -1.41. The fourth-order valence-corrected chi connectivity index (χ4v) is 3.52. The number of ether oxygens (including phenoxy) is 2. The average molecular weight is 407 g/mol. The van der Waals surface area contributed by atoms with Crippen molar-refractivity contribution < 1.29 is 37.2 Å². The van der Waals surface area contributed by atoms with E-state index >= 15 is 0 Å². The number of esters is 1. The molecule has 156 valence electrons. The van der Waals surface area contributed by atoms with Crippen LogP contribution in [0.1, 0.15) is 40.0 Å². The Kier molecular flexibility index (Phi) is 10.0. The number of phosphoric acid groups is 1. The van der Waals surface area contributed by atoms with Gasteiger partial charge in [-0.2, -0.15) is 0 Å². The molecule has 0 aliphatic carbocycles. The van der Waals surface area contributed by atoms with E-state index in [2.05, 4.69) is 16.6 Å². The predicted octanol–water partition coefficient (Wildman–Crippen LogP) is 2.77. The van der Waals surface area contributed by atoms with Crippen molar-refractivity contribution in [3.8, 4) is 0 Å². The smallest absolute Gasteiger partial charge is 0.472 e. The molecule has 0 aromatic carbocycles. The fourth-order valence-electron chi connectivity index (χ4n) is 2.20. The molecule has 1 rings (SSSR count). The Morgan fingerprint density at radius 3 is 2.70 bits per heavy atom. The number of hydrogen-bond acceptors (Lipinski definition) is 8. The highest BCUT2D eigenvalue weighted by Gasteiger charge is 2.39. The fraction of sp³-hybridized carbons (Fsp3) is 0.765. The molecule has 1 N–H and O–H groups in total. The minimum atomic E-state index is -3.99. The number of hydrogen-bond donors (Lipinski definition) is 1. The highest BCUT2D eigenvalue weighted by atomic mass is 31.2. The van der Waals surface area contributed by atoms with Crippen LogP contribution in [-0.4, -0.2) is 45.0 Å². The first-order valence-electron chi connectivity index (χ1n) is 8.92. The van der Waals surface area contributed by atoms with E-state index in [0.29, 0.717) is 18.6 Å². The Morgan fingerprint density at radius 1 is 1.37 bits per heavy atom. The molecule has 0 radical (unpaired) electrons. The summed E-state index contributed by atoms with van der Waals surface area (Å²) in [4.78, 5) is 23.6. The van der Waals surface area contributed by atoms with Crippen LogP contribution in [0.5, 0.6) is 0 Å². The molecule has 0 bridgehead atoms. The molecule has 9 nitrogen and oxygen atoms in total. The summed E-state index contributed by atoms with van der Waals surface area (Å²) in [5.41, 5.74) is 0. The van der Waals surface area contributed by atoms with E-state index in [9.17, 15) is 14.2 Å². The zero-order valence-corrected chi connectivity index (χ0v) is 17.3. The van der Waals surface area contributed by atoms with Crippen LogP contribution in [0.3, 0.4) is 0 Å². The van der Waals surface area contributed by atoms with Crippen LogP contribution in [0.15, 0.2) is 12.3 Å². The number of nitrogens with one attached hydrogen (secondary N) is 1. The van der Waals surface area contributed by atoms with Gasteiger partial charge in [-0.15, -0.1) is 0 Å². The van der Waals surface area contributed by atoms with E-state index in [1.807, 2.05) is 20.8 Å². The molecular formula is C17H30NO8P. The summed E-state index contributed by atoms with van der Waals surface area (Å²) >= 11 is 0. The summed E-state index contributed by atoms with van der Waals surface area (Å²) in [6.07, 6.45) is 0.236. The number of carbonyl (C=O) groups excluding carboxylic acids is 2. The molecule has 0 aromatic rings. The summed E-state index contributed by atoms with van der Waals surface area (Å²) in [5, 5.41) is 2.58. The Balaban J connectivity index is 2.68. The van der Waals surface area contributed by atoms with Crippen molar-refractivity contribution in [2.45, 2.75) is 46.1 Å². The van der Waals surface area contributed by atoms with Crippen LogP contribution >= 0.6 is 7.82 Å². The Labute approximate surface area is 160 Å². The molecule has 1 fully saturated rings. The third-order valence-electron chi connectivity index (χ3n) is 4.03. The number of rotatable bonds is 9. The summed E-state index contributed by atoms with van der Waals surface area (Å²) in [6.45, 7) is 9.24. The second-order valence-electron chi connectivity index (χ2n) is 6.56. The SMILES string of the molecule is C=C(OCOP1(=O)OCCCC(C)[C@H](C(=O)NCCC(=O)OC)O1)C(C)C. The van der Waals surface area contributed by atoms with Gasteiger partial charge in [0.25, 0.3) is 0 Å². The molecule has 3 atom stereocenters. The van der Waals surface area contributed by atoms with Crippen molar-refractivity contribution in [3.63, 3.8) is 0 Å². The van der Waals surface area contributed by atoms with Crippen molar-refractivity contribution in [2.75, 3.05) is 27.1 Å². The highest BCUT2D eigenvalue weighted by molar-refractivity contribution is 7.48. The lowest BCUT2D eigenvalue weighted by Gasteiger charge is -2.29. The van der Waals surface area contributed by atoms with E-state index in [1.54, 1.807) is 0 Å². The maximum absolute atomic E-state index is 12.8. The largest absolute Gasteiger partial charge is 0.478 e. The first-order valence-corrected chi connectivity index (χ1v) is 10.4. The van der Waals surface area contributed by atoms with Crippen LogP contribution in [-0.2, 0) is 37.2 Å². The van der Waals surface area contributed by atoms with Gasteiger partial charge in [0, 0.05) is 12.5 Å². The molecule has 1 aliphatic heterocycles. The van der Waals surface area contributed by atoms with Gasteiger partial charge in [-0.1, -0.05) is 27.4 Å². The van der Waals surface area contributed by atoms with Gasteiger partial charge in [0.15, 0.2) is 12.9 Å². The standard InChI is InChI=1S/C17H30NO8P/c1-12(2)14(4)23-11-25-27(21)24-10-6-7-13(3)16(26-27)17(20)18-9-8-15(19)22-5/h12-13,16H,4,6-11H2,1-3,5H3,(H,18,20)/t13?,16-,27?/m1/s1. The topological polar surface area (TPSA) is 109 Å². The average Bonchev–Trinajstić information content (AvgIpc) is 2.61. The molecular weight excluding hydrogens is 377 g/mol. The predicted molar refractivity (Wildman–Crippen MR) is 97.5 cm³/mol. The van der Waals surface area contributed by atoms with Gasteiger partial charge in [0.1, 0.15) is 0 Å². The van der Waals surface area contributed by atoms with Gasteiger partial charge in [0.05, 0.1) is 25.9 Å². The van der Waals surface area contributed by atoms with Gasteiger partial charge in [0.2, 0.25) is 5.91 Å². The van der Waals surface area contributed by atoms with Gasteiger partial charge in [-0.25, -0.2) is 9.09 Å². The molecule has 0 spiro atoms. The second-order valence-corrected chi connectivity index (χ2v) is 8.18. The minimum Gasteiger partial charge on any atom is -0.472 e.